The molecule has 1 fully saturated rings. The van der Waals surface area contributed by atoms with Crippen LogP contribution in [0.25, 0.3) is 0 Å². The van der Waals surface area contributed by atoms with E-state index < -0.39 is 59.7 Å². The van der Waals surface area contributed by atoms with Gasteiger partial charge in [0.1, 0.15) is 18.1 Å². The molecule has 1 heterocycles. The van der Waals surface area contributed by atoms with Crippen LogP contribution in [0.5, 0.6) is 0 Å². The van der Waals surface area contributed by atoms with Gasteiger partial charge in [-0.3, -0.25) is 24.0 Å². The van der Waals surface area contributed by atoms with Crippen molar-refractivity contribution in [3.8, 4) is 0 Å². The van der Waals surface area contributed by atoms with Crippen molar-refractivity contribution in [1.82, 2.24) is 15.5 Å². The second-order valence-corrected chi connectivity index (χ2v) is 7.44. The number of nitrogens with one attached hydrogen (secondary N) is 2. The zero-order chi connectivity index (χ0) is 23.7. The highest BCUT2D eigenvalue weighted by atomic mass is 16.4. The lowest BCUT2D eigenvalue weighted by atomic mass is 10.1. The summed E-state index contributed by atoms with van der Waals surface area (Å²) in [6.07, 6.45) is 0.499. The summed E-state index contributed by atoms with van der Waals surface area (Å²) in [7, 11) is 0. The molecule has 1 aliphatic heterocycles. The van der Waals surface area contributed by atoms with Gasteiger partial charge >= 0.3 is 5.97 Å². The number of hydrogen-bond acceptors (Lipinski definition) is 7. The topological polar surface area (TPSA) is 228 Å². The van der Waals surface area contributed by atoms with Crippen LogP contribution in [0.2, 0.25) is 0 Å². The van der Waals surface area contributed by atoms with Gasteiger partial charge in [0.25, 0.3) is 0 Å². The molecule has 9 N–H and O–H groups in total. The first-order chi connectivity index (χ1) is 14.4. The van der Waals surface area contributed by atoms with Crippen molar-refractivity contribution in [2.45, 2.75) is 69.6 Å². The van der Waals surface area contributed by atoms with E-state index in [1.54, 1.807) is 0 Å². The van der Waals surface area contributed by atoms with Crippen LogP contribution in [0.1, 0.15) is 45.4 Å². The van der Waals surface area contributed by atoms with Crippen LogP contribution in [0, 0.1) is 0 Å². The third-order valence-corrected chi connectivity index (χ3v) is 4.90. The second kappa shape index (κ2) is 11.8. The Bertz CT molecular complexity index is 728. The molecule has 174 valence electrons. The van der Waals surface area contributed by atoms with Crippen molar-refractivity contribution in [1.29, 1.82) is 0 Å². The Morgan fingerprint density at radius 1 is 1.03 bits per heavy atom. The summed E-state index contributed by atoms with van der Waals surface area (Å²) in [4.78, 5) is 71.7. The molecule has 1 rings (SSSR count). The van der Waals surface area contributed by atoms with E-state index >= 15 is 0 Å². The van der Waals surface area contributed by atoms with Crippen LogP contribution in [0.4, 0.5) is 0 Å². The Kier molecular flexibility index (Phi) is 9.86. The highest BCUT2D eigenvalue weighted by Gasteiger charge is 2.37. The van der Waals surface area contributed by atoms with Crippen molar-refractivity contribution in [3.05, 3.63) is 0 Å². The minimum absolute atomic E-state index is 0.0553. The smallest absolute Gasteiger partial charge is 0.326 e. The number of carboxylic acids is 1. The number of aliphatic carboxylic acids is 1. The van der Waals surface area contributed by atoms with Gasteiger partial charge in [-0.2, -0.15) is 0 Å². The molecule has 0 aliphatic carbocycles. The minimum Gasteiger partial charge on any atom is -0.480 e. The average Bonchev–Trinajstić information content (AvgIpc) is 3.17. The van der Waals surface area contributed by atoms with Crippen LogP contribution in [0.3, 0.4) is 0 Å². The predicted octanol–water partition coefficient (Wildman–Crippen LogP) is -3.09. The highest BCUT2D eigenvalue weighted by Crippen LogP contribution is 2.19. The summed E-state index contributed by atoms with van der Waals surface area (Å²) in [6.45, 7) is 1.66. The summed E-state index contributed by atoms with van der Waals surface area (Å²) in [5.74, 6) is -4.48. The standard InChI is InChI=1S/C18H30N6O7/c1-9(15(27)23-11(18(30)31)5-7-14(21)26)22-16(28)12-3-2-8-24(12)17(29)10(19)4-6-13(20)25/h9-12H,2-8,19H2,1H3,(H2,20,25)(H2,21,26)(H,22,28)(H,23,27)(H,30,31). The van der Waals surface area contributed by atoms with Crippen LogP contribution in [-0.4, -0.2) is 76.2 Å². The Morgan fingerprint density at radius 2 is 1.61 bits per heavy atom. The van der Waals surface area contributed by atoms with E-state index in [1.165, 1.54) is 11.8 Å². The molecule has 0 saturated carbocycles. The summed E-state index contributed by atoms with van der Waals surface area (Å²) < 4.78 is 0. The van der Waals surface area contributed by atoms with Crippen LogP contribution in [0.15, 0.2) is 0 Å². The molecule has 5 amide bonds. The molecule has 0 bridgehead atoms. The SMILES string of the molecule is CC(NC(=O)C1CCCN1C(=O)C(N)CCC(N)=O)C(=O)NC(CCC(N)=O)C(=O)O. The van der Waals surface area contributed by atoms with E-state index in [1.807, 2.05) is 0 Å². The number of hydrogen-bond donors (Lipinski definition) is 6. The van der Waals surface area contributed by atoms with Crippen molar-refractivity contribution < 1.29 is 33.9 Å². The third-order valence-electron chi connectivity index (χ3n) is 4.90. The monoisotopic (exact) mass is 442 g/mol. The summed E-state index contributed by atoms with van der Waals surface area (Å²) in [6, 6.07) is -4.26. The van der Waals surface area contributed by atoms with Crippen LogP contribution < -0.4 is 27.8 Å². The number of carboxylic acid groups (broad SMARTS) is 1. The van der Waals surface area contributed by atoms with Gasteiger partial charge in [0.05, 0.1) is 6.04 Å². The number of rotatable bonds is 12. The number of amides is 5. The average molecular weight is 442 g/mol. The molecule has 0 aromatic heterocycles. The van der Waals surface area contributed by atoms with Gasteiger partial charge in [0, 0.05) is 19.4 Å². The van der Waals surface area contributed by atoms with Gasteiger partial charge in [-0.1, -0.05) is 0 Å². The molecule has 4 unspecified atom stereocenters. The fraction of sp³-hybridized carbons (Fsp3) is 0.667. The summed E-state index contributed by atoms with van der Waals surface area (Å²) in [5, 5.41) is 13.9. The molecular weight excluding hydrogens is 412 g/mol. The zero-order valence-electron chi connectivity index (χ0n) is 17.3. The number of primary amides is 2. The first-order valence-corrected chi connectivity index (χ1v) is 9.90. The van der Waals surface area contributed by atoms with E-state index in [-0.39, 0.29) is 25.7 Å². The van der Waals surface area contributed by atoms with Gasteiger partial charge in [-0.25, -0.2) is 4.79 Å². The maximum absolute atomic E-state index is 12.6. The Hall–Kier alpha value is -3.22. The molecule has 13 nitrogen and oxygen atoms in total. The normalized spacial score (nSPS) is 18.5. The van der Waals surface area contributed by atoms with Gasteiger partial charge < -0.3 is 37.8 Å². The Labute approximate surface area is 179 Å². The maximum Gasteiger partial charge on any atom is 0.326 e. The van der Waals surface area contributed by atoms with Crippen molar-refractivity contribution >= 4 is 35.5 Å². The van der Waals surface area contributed by atoms with Gasteiger partial charge in [0.15, 0.2) is 0 Å². The van der Waals surface area contributed by atoms with Crippen molar-refractivity contribution in [2.75, 3.05) is 6.54 Å². The second-order valence-electron chi connectivity index (χ2n) is 7.44. The number of nitrogens with two attached hydrogens (primary N) is 3. The Morgan fingerprint density at radius 3 is 2.16 bits per heavy atom. The largest absolute Gasteiger partial charge is 0.480 e. The lowest BCUT2D eigenvalue weighted by Gasteiger charge is -2.27. The molecule has 1 saturated heterocycles. The molecule has 0 radical (unpaired) electrons. The van der Waals surface area contributed by atoms with Crippen molar-refractivity contribution in [3.63, 3.8) is 0 Å². The van der Waals surface area contributed by atoms with Crippen LogP contribution in [-0.2, 0) is 28.8 Å². The molecule has 4 atom stereocenters. The Balaban J connectivity index is 2.67. The molecule has 1 aliphatic rings. The quantitative estimate of drug-likeness (QED) is 0.181. The summed E-state index contributed by atoms with van der Waals surface area (Å²) >= 11 is 0. The van der Waals surface area contributed by atoms with E-state index in [9.17, 15) is 28.8 Å². The number of carbonyl (C=O) groups excluding carboxylic acids is 5. The van der Waals surface area contributed by atoms with Gasteiger partial charge in [-0.05, 0) is 32.6 Å². The molecule has 0 aromatic carbocycles. The van der Waals surface area contributed by atoms with Gasteiger partial charge in [0.2, 0.25) is 29.5 Å². The summed E-state index contributed by atoms with van der Waals surface area (Å²) in [5.41, 5.74) is 15.9. The van der Waals surface area contributed by atoms with E-state index in [0.717, 1.165) is 0 Å². The molecular formula is C18H30N6O7. The van der Waals surface area contributed by atoms with E-state index in [0.29, 0.717) is 19.4 Å². The number of likely N-dealkylation sites (tertiary alicyclic amines) is 1. The first-order valence-electron chi connectivity index (χ1n) is 9.90. The molecule has 31 heavy (non-hydrogen) atoms. The van der Waals surface area contributed by atoms with Crippen LogP contribution >= 0.6 is 0 Å². The number of carbonyl (C=O) groups is 6. The minimum atomic E-state index is -1.34. The van der Waals surface area contributed by atoms with Crippen molar-refractivity contribution in [2.24, 2.45) is 17.2 Å². The molecule has 13 heteroatoms. The third kappa shape index (κ3) is 8.20. The predicted molar refractivity (Wildman–Crippen MR) is 107 cm³/mol. The lowest BCUT2D eigenvalue weighted by Crippen LogP contribution is -2.55. The molecule has 0 spiro atoms. The lowest BCUT2D eigenvalue weighted by molar-refractivity contribution is -0.143. The fourth-order valence-corrected chi connectivity index (χ4v) is 3.15. The van der Waals surface area contributed by atoms with Gasteiger partial charge in [-0.15, -0.1) is 0 Å². The van der Waals surface area contributed by atoms with E-state index in [2.05, 4.69) is 10.6 Å². The first kappa shape index (κ1) is 25.8. The highest BCUT2D eigenvalue weighted by molar-refractivity contribution is 5.94. The number of nitrogens with zero attached hydrogens (tertiary/aromatic N) is 1. The fourth-order valence-electron chi connectivity index (χ4n) is 3.15. The molecule has 0 aromatic rings. The maximum atomic E-state index is 12.6. The zero-order valence-corrected chi connectivity index (χ0v) is 17.3. The van der Waals surface area contributed by atoms with E-state index in [4.69, 9.17) is 22.3 Å².